The second-order valence-corrected chi connectivity index (χ2v) is 5.49. The van der Waals surface area contributed by atoms with Gasteiger partial charge in [-0.2, -0.15) is 0 Å². The Bertz CT molecular complexity index is 532. The molecule has 0 saturated carbocycles. The third-order valence-electron chi connectivity index (χ3n) is 3.04. The third-order valence-corrected chi connectivity index (χ3v) is 3.69. The van der Waals surface area contributed by atoms with Crippen molar-refractivity contribution in [1.82, 2.24) is 5.32 Å². The van der Waals surface area contributed by atoms with Crippen LogP contribution in [0.5, 0.6) is 0 Å². The van der Waals surface area contributed by atoms with Crippen LogP contribution in [-0.4, -0.2) is 37.7 Å². The molecule has 7 heteroatoms. The lowest BCUT2D eigenvalue weighted by Gasteiger charge is -2.11. The van der Waals surface area contributed by atoms with Gasteiger partial charge >= 0.3 is 5.97 Å². The van der Waals surface area contributed by atoms with Gasteiger partial charge in [0.1, 0.15) is 5.82 Å². The van der Waals surface area contributed by atoms with E-state index >= 15 is 0 Å². The molecule has 1 aromatic rings. The number of carbonyl (C=O) groups excluding carboxylic acids is 2. The summed E-state index contributed by atoms with van der Waals surface area (Å²) in [6.07, 6.45) is 1.95. The van der Waals surface area contributed by atoms with Gasteiger partial charge in [-0.3, -0.25) is 4.79 Å². The van der Waals surface area contributed by atoms with Gasteiger partial charge in [-0.15, -0.1) is 0 Å². The minimum Gasteiger partial charge on any atom is -0.452 e. The monoisotopic (exact) mass is 359 g/mol. The first kappa shape index (κ1) is 15.9. The number of halogens is 2. The molecule has 0 spiro atoms. The Hall–Kier alpha value is -1.47. The fourth-order valence-electron chi connectivity index (χ4n) is 1.95. The molecule has 114 valence electrons. The van der Waals surface area contributed by atoms with Crippen LogP contribution in [-0.2, 0) is 14.3 Å². The van der Waals surface area contributed by atoms with Crippen molar-refractivity contribution in [2.45, 2.75) is 18.9 Å². The maximum absolute atomic E-state index is 12.9. The fourth-order valence-corrected chi connectivity index (χ4v) is 2.46. The molecule has 0 aliphatic carbocycles. The summed E-state index contributed by atoms with van der Waals surface area (Å²) in [5, 5.41) is 2.64. The maximum atomic E-state index is 12.9. The molecule has 1 aromatic carbocycles. The maximum Gasteiger partial charge on any atom is 0.339 e. The van der Waals surface area contributed by atoms with Gasteiger partial charge in [0.25, 0.3) is 5.91 Å². The number of benzene rings is 1. The number of esters is 1. The van der Waals surface area contributed by atoms with Crippen LogP contribution in [0.4, 0.5) is 4.39 Å². The Labute approximate surface area is 129 Å². The SMILES string of the molecule is O=C(COC(=O)c1ccc(F)cc1Br)NC[C@H]1CCCO1. The van der Waals surface area contributed by atoms with E-state index in [0.717, 1.165) is 25.0 Å². The number of hydrogen-bond donors (Lipinski definition) is 1. The van der Waals surface area contributed by atoms with E-state index < -0.39 is 17.7 Å². The summed E-state index contributed by atoms with van der Waals surface area (Å²) < 4.78 is 23.4. The standard InChI is InChI=1S/C14H15BrFNO4/c15-12-6-9(16)3-4-11(12)14(19)21-8-13(18)17-7-10-2-1-5-20-10/h3-4,6,10H,1-2,5,7-8H2,(H,17,18)/t10-/m1/s1. The second kappa shape index (κ2) is 7.51. The highest BCUT2D eigenvalue weighted by molar-refractivity contribution is 9.10. The van der Waals surface area contributed by atoms with E-state index in [1.54, 1.807) is 0 Å². The predicted octanol–water partition coefficient (Wildman–Crippen LogP) is 2.04. The lowest BCUT2D eigenvalue weighted by molar-refractivity contribution is -0.124. The fraction of sp³-hybridized carbons (Fsp3) is 0.429. The normalized spacial score (nSPS) is 17.5. The molecule has 1 saturated heterocycles. The summed E-state index contributed by atoms with van der Waals surface area (Å²) in [6, 6.07) is 3.61. The summed E-state index contributed by atoms with van der Waals surface area (Å²) >= 11 is 3.07. The van der Waals surface area contributed by atoms with E-state index in [9.17, 15) is 14.0 Å². The summed E-state index contributed by atoms with van der Waals surface area (Å²) in [5.41, 5.74) is 0.170. The third kappa shape index (κ3) is 4.78. The smallest absolute Gasteiger partial charge is 0.339 e. The predicted molar refractivity (Wildman–Crippen MR) is 76.4 cm³/mol. The van der Waals surface area contributed by atoms with Crippen LogP contribution < -0.4 is 5.32 Å². The first-order chi connectivity index (χ1) is 10.1. The molecule has 0 radical (unpaired) electrons. The van der Waals surface area contributed by atoms with Crippen molar-refractivity contribution in [1.29, 1.82) is 0 Å². The molecule has 1 N–H and O–H groups in total. The van der Waals surface area contributed by atoms with Crippen LogP contribution in [0, 0.1) is 5.82 Å². The van der Waals surface area contributed by atoms with Gasteiger partial charge < -0.3 is 14.8 Å². The van der Waals surface area contributed by atoms with Crippen LogP contribution in [0.1, 0.15) is 23.2 Å². The average Bonchev–Trinajstić information content (AvgIpc) is 2.95. The number of rotatable bonds is 5. The minimum atomic E-state index is -0.686. The van der Waals surface area contributed by atoms with Crippen molar-refractivity contribution in [3.8, 4) is 0 Å². The molecule has 1 aliphatic heterocycles. The highest BCUT2D eigenvalue weighted by Gasteiger charge is 2.17. The van der Waals surface area contributed by atoms with Gasteiger partial charge in [0.2, 0.25) is 0 Å². The number of amides is 1. The Morgan fingerprint density at radius 1 is 1.48 bits per heavy atom. The van der Waals surface area contributed by atoms with E-state index in [0.29, 0.717) is 13.2 Å². The molecule has 21 heavy (non-hydrogen) atoms. The zero-order valence-electron chi connectivity index (χ0n) is 11.2. The number of carbonyl (C=O) groups is 2. The van der Waals surface area contributed by atoms with Gasteiger partial charge in [-0.25, -0.2) is 9.18 Å². The molecule has 0 unspecified atom stereocenters. The van der Waals surface area contributed by atoms with Crippen molar-refractivity contribution in [2.24, 2.45) is 0 Å². The number of ether oxygens (including phenoxy) is 2. The highest BCUT2D eigenvalue weighted by Crippen LogP contribution is 2.18. The Balaban J connectivity index is 1.76. The van der Waals surface area contributed by atoms with E-state index in [2.05, 4.69) is 21.2 Å². The van der Waals surface area contributed by atoms with Gasteiger partial charge in [0, 0.05) is 17.6 Å². The zero-order valence-corrected chi connectivity index (χ0v) is 12.8. The van der Waals surface area contributed by atoms with Gasteiger partial charge in [-0.05, 0) is 47.0 Å². The Kier molecular flexibility index (Phi) is 5.69. The molecule has 1 atom stereocenters. The summed E-state index contributed by atoms with van der Waals surface area (Å²) in [5.74, 6) is -1.54. The van der Waals surface area contributed by atoms with Gasteiger partial charge in [-0.1, -0.05) is 0 Å². The van der Waals surface area contributed by atoms with Crippen molar-refractivity contribution >= 4 is 27.8 Å². The highest BCUT2D eigenvalue weighted by atomic mass is 79.9. The van der Waals surface area contributed by atoms with E-state index in [1.165, 1.54) is 6.07 Å². The number of hydrogen-bond acceptors (Lipinski definition) is 4. The minimum absolute atomic E-state index is 0.0379. The number of nitrogens with one attached hydrogen (secondary N) is 1. The summed E-state index contributed by atoms with van der Waals surface area (Å²) in [6.45, 7) is 0.750. The first-order valence-electron chi connectivity index (χ1n) is 6.57. The quantitative estimate of drug-likeness (QED) is 0.817. The van der Waals surface area contributed by atoms with Crippen LogP contribution in [0.25, 0.3) is 0 Å². The van der Waals surface area contributed by atoms with Crippen molar-refractivity contribution in [3.63, 3.8) is 0 Å². The largest absolute Gasteiger partial charge is 0.452 e. The summed E-state index contributed by atoms with van der Waals surface area (Å²) in [4.78, 5) is 23.3. The molecule has 1 heterocycles. The zero-order chi connectivity index (χ0) is 15.2. The van der Waals surface area contributed by atoms with Gasteiger partial charge in [0.05, 0.1) is 11.7 Å². The lowest BCUT2D eigenvalue weighted by Crippen LogP contribution is -2.34. The first-order valence-corrected chi connectivity index (χ1v) is 7.36. The summed E-state index contributed by atoms with van der Waals surface area (Å²) in [7, 11) is 0. The van der Waals surface area contributed by atoms with Crippen LogP contribution >= 0.6 is 15.9 Å². The molecule has 0 bridgehead atoms. The average molecular weight is 360 g/mol. The van der Waals surface area contributed by atoms with Crippen molar-refractivity contribution < 1.29 is 23.5 Å². The Morgan fingerprint density at radius 3 is 2.95 bits per heavy atom. The second-order valence-electron chi connectivity index (χ2n) is 4.64. The van der Waals surface area contributed by atoms with Crippen molar-refractivity contribution in [2.75, 3.05) is 19.8 Å². The molecule has 5 nitrogen and oxygen atoms in total. The topological polar surface area (TPSA) is 64.6 Å². The van der Waals surface area contributed by atoms with Crippen molar-refractivity contribution in [3.05, 3.63) is 34.1 Å². The van der Waals surface area contributed by atoms with Gasteiger partial charge in [0.15, 0.2) is 6.61 Å². The molecular formula is C14H15BrFNO4. The lowest BCUT2D eigenvalue weighted by atomic mass is 10.2. The van der Waals surface area contributed by atoms with E-state index in [-0.39, 0.29) is 22.7 Å². The molecular weight excluding hydrogens is 345 g/mol. The van der Waals surface area contributed by atoms with E-state index in [4.69, 9.17) is 9.47 Å². The van der Waals surface area contributed by atoms with Crippen LogP contribution in [0.2, 0.25) is 0 Å². The Morgan fingerprint density at radius 2 is 2.29 bits per heavy atom. The van der Waals surface area contributed by atoms with Crippen LogP contribution in [0.15, 0.2) is 22.7 Å². The van der Waals surface area contributed by atoms with Crippen LogP contribution in [0.3, 0.4) is 0 Å². The molecule has 1 fully saturated rings. The molecule has 1 amide bonds. The molecule has 0 aromatic heterocycles. The molecule has 2 rings (SSSR count). The van der Waals surface area contributed by atoms with E-state index in [1.807, 2.05) is 0 Å². The molecule has 1 aliphatic rings.